The van der Waals surface area contributed by atoms with E-state index in [1.807, 2.05) is 18.2 Å². The lowest BCUT2D eigenvalue weighted by Crippen LogP contribution is -1.92. The predicted octanol–water partition coefficient (Wildman–Crippen LogP) is 1.54. The molecule has 0 fully saturated rings. The smallest absolute Gasteiger partial charge is 0.0540 e. The van der Waals surface area contributed by atoms with Gasteiger partial charge in [0, 0.05) is 0 Å². The third-order valence-electron chi connectivity index (χ3n) is 1.65. The molecule has 0 spiro atoms. The third kappa shape index (κ3) is 1.80. The van der Waals surface area contributed by atoms with Crippen LogP contribution in [0.4, 0.5) is 0 Å². The molecule has 0 aliphatic carbocycles. The largest absolute Gasteiger partial charge is 0.323 e. The summed E-state index contributed by atoms with van der Waals surface area (Å²) in [6.07, 6.45) is 2.70. The zero-order chi connectivity index (χ0) is 8.10. The molecule has 2 nitrogen and oxygen atoms in total. The van der Waals surface area contributed by atoms with Crippen molar-refractivity contribution in [2.45, 2.75) is 13.3 Å². The van der Waals surface area contributed by atoms with Gasteiger partial charge in [-0.05, 0) is 17.5 Å². The van der Waals surface area contributed by atoms with Gasteiger partial charge in [0.15, 0.2) is 0 Å². The van der Waals surface area contributed by atoms with Gasteiger partial charge >= 0.3 is 0 Å². The van der Waals surface area contributed by atoms with E-state index in [4.69, 9.17) is 5.84 Å². The Labute approximate surface area is 66.7 Å². The highest BCUT2D eigenvalue weighted by Gasteiger charge is 1.93. The monoisotopic (exact) mass is 148 g/mol. The van der Waals surface area contributed by atoms with Crippen LogP contribution in [0.3, 0.4) is 0 Å². The molecule has 0 aliphatic rings. The first-order valence-electron chi connectivity index (χ1n) is 3.69. The second kappa shape index (κ2) is 3.76. The van der Waals surface area contributed by atoms with Crippen molar-refractivity contribution in [3.05, 3.63) is 35.4 Å². The highest BCUT2D eigenvalue weighted by Crippen LogP contribution is 2.05. The van der Waals surface area contributed by atoms with Crippen LogP contribution >= 0.6 is 0 Å². The molecule has 0 amide bonds. The van der Waals surface area contributed by atoms with Gasteiger partial charge in [0.25, 0.3) is 0 Å². The number of hydrogen-bond donors (Lipinski definition) is 1. The lowest BCUT2D eigenvalue weighted by Gasteiger charge is -1.99. The van der Waals surface area contributed by atoms with E-state index in [1.165, 1.54) is 5.56 Å². The molecule has 0 heterocycles. The van der Waals surface area contributed by atoms with Gasteiger partial charge in [-0.3, -0.25) is 0 Å². The van der Waals surface area contributed by atoms with Crippen LogP contribution in [0.25, 0.3) is 0 Å². The van der Waals surface area contributed by atoms with Crippen LogP contribution in [-0.2, 0) is 6.42 Å². The van der Waals surface area contributed by atoms with Gasteiger partial charge in [-0.15, -0.1) is 0 Å². The molecule has 0 radical (unpaired) electrons. The van der Waals surface area contributed by atoms with Crippen molar-refractivity contribution in [3.63, 3.8) is 0 Å². The maximum atomic E-state index is 5.05. The molecule has 0 bridgehead atoms. The standard InChI is InChI=1S/C9H12N2/c1-2-8-5-3-4-6-9(8)7-11-10/h3-7H,2,10H2,1H3/b11-7-. The van der Waals surface area contributed by atoms with E-state index in [-0.39, 0.29) is 0 Å². The Morgan fingerprint density at radius 3 is 2.82 bits per heavy atom. The lowest BCUT2D eigenvalue weighted by atomic mass is 10.1. The summed E-state index contributed by atoms with van der Waals surface area (Å²) in [6, 6.07) is 8.09. The van der Waals surface area contributed by atoms with Crippen LogP contribution in [0, 0.1) is 0 Å². The summed E-state index contributed by atoms with van der Waals surface area (Å²) >= 11 is 0. The number of nitrogens with two attached hydrogens (primary N) is 1. The van der Waals surface area contributed by atoms with E-state index in [0.717, 1.165) is 12.0 Å². The molecule has 1 aromatic rings. The Morgan fingerprint density at radius 2 is 2.18 bits per heavy atom. The summed E-state index contributed by atoms with van der Waals surface area (Å²) in [7, 11) is 0. The summed E-state index contributed by atoms with van der Waals surface area (Å²) in [4.78, 5) is 0. The van der Waals surface area contributed by atoms with E-state index < -0.39 is 0 Å². The molecule has 2 heteroatoms. The van der Waals surface area contributed by atoms with Gasteiger partial charge in [0.05, 0.1) is 6.21 Å². The molecule has 0 aliphatic heterocycles. The average molecular weight is 148 g/mol. The average Bonchev–Trinajstić information content (AvgIpc) is 2.06. The molecule has 2 N–H and O–H groups in total. The summed E-state index contributed by atoms with van der Waals surface area (Å²) in [5, 5.41) is 3.49. The van der Waals surface area contributed by atoms with Crippen molar-refractivity contribution in [3.8, 4) is 0 Å². The number of hydrogen-bond acceptors (Lipinski definition) is 2. The molecule has 11 heavy (non-hydrogen) atoms. The lowest BCUT2D eigenvalue weighted by molar-refractivity contribution is 1.13. The molecule has 1 rings (SSSR count). The number of aryl methyl sites for hydroxylation is 1. The fourth-order valence-corrected chi connectivity index (χ4v) is 1.06. The first-order chi connectivity index (χ1) is 5.38. The Bertz CT molecular complexity index is 253. The van der Waals surface area contributed by atoms with Gasteiger partial charge < -0.3 is 5.84 Å². The van der Waals surface area contributed by atoms with Crippen LogP contribution in [0.1, 0.15) is 18.1 Å². The Morgan fingerprint density at radius 1 is 1.45 bits per heavy atom. The molecule has 1 aromatic carbocycles. The van der Waals surface area contributed by atoms with Crippen molar-refractivity contribution >= 4 is 6.21 Å². The fraction of sp³-hybridized carbons (Fsp3) is 0.222. The minimum atomic E-state index is 1.02. The van der Waals surface area contributed by atoms with Gasteiger partial charge in [-0.2, -0.15) is 5.10 Å². The van der Waals surface area contributed by atoms with Gasteiger partial charge in [0.2, 0.25) is 0 Å². The van der Waals surface area contributed by atoms with Crippen LogP contribution < -0.4 is 5.84 Å². The van der Waals surface area contributed by atoms with E-state index in [0.29, 0.717) is 0 Å². The molecule has 0 atom stereocenters. The minimum absolute atomic E-state index is 1.02. The maximum Gasteiger partial charge on any atom is 0.0540 e. The quantitative estimate of drug-likeness (QED) is 0.385. The number of nitrogens with zero attached hydrogens (tertiary/aromatic N) is 1. The van der Waals surface area contributed by atoms with E-state index in [9.17, 15) is 0 Å². The van der Waals surface area contributed by atoms with Crippen LogP contribution in [-0.4, -0.2) is 6.21 Å². The molecular weight excluding hydrogens is 136 g/mol. The second-order valence-corrected chi connectivity index (χ2v) is 2.33. The van der Waals surface area contributed by atoms with Crippen LogP contribution in [0.15, 0.2) is 29.4 Å². The van der Waals surface area contributed by atoms with Crippen molar-refractivity contribution in [1.29, 1.82) is 0 Å². The first kappa shape index (κ1) is 7.79. The molecular formula is C9H12N2. The molecule has 0 saturated heterocycles. The molecule has 0 aromatic heterocycles. The minimum Gasteiger partial charge on any atom is -0.323 e. The van der Waals surface area contributed by atoms with Gasteiger partial charge in [0.1, 0.15) is 0 Å². The predicted molar refractivity (Wildman–Crippen MR) is 47.6 cm³/mol. The summed E-state index contributed by atoms with van der Waals surface area (Å²) in [5.74, 6) is 5.05. The second-order valence-electron chi connectivity index (χ2n) is 2.33. The number of rotatable bonds is 2. The normalized spacial score (nSPS) is 10.6. The first-order valence-corrected chi connectivity index (χ1v) is 3.69. The highest BCUT2D eigenvalue weighted by atomic mass is 15.1. The zero-order valence-electron chi connectivity index (χ0n) is 6.62. The van der Waals surface area contributed by atoms with Crippen LogP contribution in [0.2, 0.25) is 0 Å². The summed E-state index contributed by atoms with van der Waals surface area (Å²) < 4.78 is 0. The van der Waals surface area contributed by atoms with Gasteiger partial charge in [-0.1, -0.05) is 31.2 Å². The third-order valence-corrected chi connectivity index (χ3v) is 1.65. The Hall–Kier alpha value is -1.31. The van der Waals surface area contributed by atoms with Crippen molar-refractivity contribution in [2.75, 3.05) is 0 Å². The van der Waals surface area contributed by atoms with E-state index in [2.05, 4.69) is 18.1 Å². The Balaban J connectivity index is 3.02. The van der Waals surface area contributed by atoms with Crippen LogP contribution in [0.5, 0.6) is 0 Å². The topological polar surface area (TPSA) is 38.4 Å². The maximum absolute atomic E-state index is 5.05. The summed E-state index contributed by atoms with van der Waals surface area (Å²) in [6.45, 7) is 2.11. The Kier molecular flexibility index (Phi) is 2.66. The molecule has 0 unspecified atom stereocenters. The van der Waals surface area contributed by atoms with E-state index in [1.54, 1.807) is 6.21 Å². The van der Waals surface area contributed by atoms with Gasteiger partial charge in [-0.25, -0.2) is 0 Å². The van der Waals surface area contributed by atoms with Crippen molar-refractivity contribution in [2.24, 2.45) is 10.9 Å². The molecule has 0 saturated carbocycles. The van der Waals surface area contributed by atoms with Crippen molar-refractivity contribution < 1.29 is 0 Å². The number of hydrazone groups is 1. The van der Waals surface area contributed by atoms with Crippen molar-refractivity contribution in [1.82, 2.24) is 0 Å². The fourth-order valence-electron chi connectivity index (χ4n) is 1.06. The summed E-state index contributed by atoms with van der Waals surface area (Å²) in [5.41, 5.74) is 2.39. The highest BCUT2D eigenvalue weighted by molar-refractivity contribution is 5.81. The van der Waals surface area contributed by atoms with E-state index >= 15 is 0 Å². The zero-order valence-corrected chi connectivity index (χ0v) is 6.62. The SMILES string of the molecule is CCc1ccccc1/C=N\N. The molecule has 58 valence electrons. The number of benzene rings is 1.